The van der Waals surface area contributed by atoms with Gasteiger partial charge in [-0.2, -0.15) is 10.2 Å². The summed E-state index contributed by atoms with van der Waals surface area (Å²) in [5.41, 5.74) is 7.27. The number of ether oxygens (including phenoxy) is 3. The smallest absolute Gasteiger partial charge is 0.275 e. The van der Waals surface area contributed by atoms with Gasteiger partial charge in [0.2, 0.25) is 0 Å². The Hall–Kier alpha value is -3.85. The number of carbonyl (C=O) groups excluding carboxylic acids is 1. The molecule has 5 rings (SSSR count). The molecule has 212 valence electrons. The molecule has 2 aliphatic heterocycles. The number of fused-ring (bicyclic) bond motifs is 3. The topological polar surface area (TPSA) is 83.6 Å². The number of allylic oxidation sites excluding steroid dienone is 4. The van der Waals surface area contributed by atoms with E-state index in [0.29, 0.717) is 37.0 Å². The highest BCUT2D eigenvalue weighted by Gasteiger charge is 2.39. The number of rotatable bonds is 6. The Morgan fingerprint density at radius 2 is 1.95 bits per heavy atom. The molecule has 3 aromatic rings. The molecular weight excluding hydrogens is 506 g/mol. The summed E-state index contributed by atoms with van der Waals surface area (Å²) in [6.07, 6.45) is 5.97. The minimum Gasteiger partial charge on any atom is -0.496 e. The van der Waals surface area contributed by atoms with E-state index < -0.39 is 5.54 Å². The molecule has 0 aliphatic carbocycles. The van der Waals surface area contributed by atoms with Gasteiger partial charge < -0.3 is 19.1 Å². The van der Waals surface area contributed by atoms with Crippen LogP contribution in [0.15, 0.2) is 30.4 Å². The molecular formula is C31H39N5O4. The number of nitrogens with zero attached hydrogens (tertiary/aromatic N) is 5. The fraction of sp³-hybridized carbons (Fsp3) is 0.452. The van der Waals surface area contributed by atoms with Crippen LogP contribution in [0.3, 0.4) is 0 Å². The first kappa shape index (κ1) is 27.7. The van der Waals surface area contributed by atoms with E-state index in [9.17, 15) is 4.79 Å². The second-order valence-corrected chi connectivity index (χ2v) is 10.8. The van der Waals surface area contributed by atoms with Gasteiger partial charge in [-0.3, -0.25) is 9.48 Å². The number of aryl methyl sites for hydroxylation is 2. The molecule has 40 heavy (non-hydrogen) atoms. The Balaban J connectivity index is 1.76. The van der Waals surface area contributed by atoms with Crippen molar-refractivity contribution in [2.24, 2.45) is 0 Å². The molecule has 9 heteroatoms. The first-order chi connectivity index (χ1) is 19.2. The van der Waals surface area contributed by atoms with Gasteiger partial charge in [-0.05, 0) is 60.6 Å². The van der Waals surface area contributed by atoms with Crippen LogP contribution < -0.4 is 9.47 Å². The maximum Gasteiger partial charge on any atom is 0.275 e. The minimum atomic E-state index is -0.443. The lowest BCUT2D eigenvalue weighted by Gasteiger charge is -2.41. The largest absolute Gasteiger partial charge is 0.496 e. The van der Waals surface area contributed by atoms with Crippen molar-refractivity contribution in [1.29, 1.82) is 0 Å². The lowest BCUT2D eigenvalue weighted by Crippen LogP contribution is -2.55. The third-order valence-corrected chi connectivity index (χ3v) is 7.83. The van der Waals surface area contributed by atoms with E-state index in [1.54, 1.807) is 7.11 Å². The Kier molecular flexibility index (Phi) is 7.35. The standard InChI is InChI=1S/C31H39N5O4/c1-9-12-21(10-2)36-29-23-15-22(27-19(4)32-35(11-3)20(27)5)25(38-8)16-26(23)40-17-24(29)28(33-36)30(37)34-13-14-39-18-31(34,6)7/h9-10,12,15-16H,11,13-14,17-18H2,1-8H3/b12-9-,21-10+. The predicted octanol–water partition coefficient (Wildman–Crippen LogP) is 5.64. The van der Waals surface area contributed by atoms with Crippen molar-refractivity contribution in [3.8, 4) is 33.9 Å². The van der Waals surface area contributed by atoms with Gasteiger partial charge in [0.25, 0.3) is 5.91 Å². The third-order valence-electron chi connectivity index (χ3n) is 7.83. The molecule has 2 aromatic heterocycles. The highest BCUT2D eigenvalue weighted by atomic mass is 16.5. The van der Waals surface area contributed by atoms with Crippen molar-refractivity contribution < 1.29 is 19.0 Å². The molecule has 1 saturated heterocycles. The molecule has 0 spiro atoms. The quantitative estimate of drug-likeness (QED) is 0.373. The summed E-state index contributed by atoms with van der Waals surface area (Å²) in [7, 11) is 1.67. The summed E-state index contributed by atoms with van der Waals surface area (Å²) in [5, 5.41) is 9.70. The zero-order valence-electron chi connectivity index (χ0n) is 24.8. The molecule has 0 radical (unpaired) electrons. The molecule has 1 aromatic carbocycles. The number of benzene rings is 1. The number of methoxy groups -OCH3 is 1. The Bertz CT molecular complexity index is 1520. The molecule has 1 amide bonds. The van der Waals surface area contributed by atoms with E-state index in [1.165, 1.54) is 0 Å². The molecule has 1 fully saturated rings. The van der Waals surface area contributed by atoms with Gasteiger partial charge in [0, 0.05) is 47.1 Å². The highest BCUT2D eigenvalue weighted by molar-refractivity contribution is 5.98. The van der Waals surface area contributed by atoms with E-state index in [1.807, 2.05) is 73.2 Å². The summed E-state index contributed by atoms with van der Waals surface area (Å²) in [5.74, 6) is 1.28. The number of amides is 1. The number of aromatic nitrogens is 4. The second-order valence-electron chi connectivity index (χ2n) is 10.8. The molecule has 2 aliphatic rings. The average molecular weight is 546 g/mol. The zero-order chi connectivity index (χ0) is 28.8. The first-order valence-corrected chi connectivity index (χ1v) is 13.9. The maximum atomic E-state index is 14.1. The number of hydrogen-bond acceptors (Lipinski definition) is 6. The fourth-order valence-electron chi connectivity index (χ4n) is 5.82. The Labute approximate surface area is 236 Å². The van der Waals surface area contributed by atoms with E-state index in [-0.39, 0.29) is 12.5 Å². The molecule has 0 unspecified atom stereocenters. The van der Waals surface area contributed by atoms with Crippen LogP contribution in [0.2, 0.25) is 0 Å². The van der Waals surface area contributed by atoms with Gasteiger partial charge in [-0.25, -0.2) is 4.68 Å². The van der Waals surface area contributed by atoms with Gasteiger partial charge in [0.05, 0.1) is 42.9 Å². The van der Waals surface area contributed by atoms with Gasteiger partial charge in [-0.15, -0.1) is 0 Å². The molecule has 0 N–H and O–H groups in total. The van der Waals surface area contributed by atoms with Crippen molar-refractivity contribution in [3.63, 3.8) is 0 Å². The van der Waals surface area contributed by atoms with Gasteiger partial charge in [0.1, 0.15) is 18.1 Å². The lowest BCUT2D eigenvalue weighted by molar-refractivity contribution is -0.0374. The fourth-order valence-corrected chi connectivity index (χ4v) is 5.82. The molecule has 0 atom stereocenters. The van der Waals surface area contributed by atoms with Crippen LogP contribution in [0, 0.1) is 13.8 Å². The zero-order valence-corrected chi connectivity index (χ0v) is 24.8. The van der Waals surface area contributed by atoms with Crippen molar-refractivity contribution in [2.45, 2.75) is 67.2 Å². The van der Waals surface area contributed by atoms with Crippen molar-refractivity contribution in [3.05, 3.63) is 53.0 Å². The second kappa shape index (κ2) is 10.6. The van der Waals surface area contributed by atoms with Crippen LogP contribution in [-0.4, -0.2) is 62.8 Å². The highest BCUT2D eigenvalue weighted by Crippen LogP contribution is 2.47. The third kappa shape index (κ3) is 4.42. The first-order valence-electron chi connectivity index (χ1n) is 13.9. The van der Waals surface area contributed by atoms with Crippen LogP contribution in [0.4, 0.5) is 0 Å². The van der Waals surface area contributed by atoms with E-state index in [0.717, 1.165) is 51.6 Å². The summed E-state index contributed by atoms with van der Waals surface area (Å²) < 4.78 is 21.7. The maximum absolute atomic E-state index is 14.1. The van der Waals surface area contributed by atoms with Crippen molar-refractivity contribution in [1.82, 2.24) is 24.5 Å². The van der Waals surface area contributed by atoms with Crippen molar-refractivity contribution in [2.75, 3.05) is 26.9 Å². The summed E-state index contributed by atoms with van der Waals surface area (Å²) in [6, 6.07) is 4.03. The lowest BCUT2D eigenvalue weighted by atomic mass is 9.94. The van der Waals surface area contributed by atoms with Gasteiger partial charge >= 0.3 is 0 Å². The average Bonchev–Trinajstić information content (AvgIpc) is 3.47. The van der Waals surface area contributed by atoms with Crippen LogP contribution >= 0.6 is 0 Å². The molecule has 4 heterocycles. The predicted molar refractivity (Wildman–Crippen MR) is 156 cm³/mol. The molecule has 0 saturated carbocycles. The SMILES string of the molecule is C/C=C\C(=C/C)n1nc(C(=O)N2CCOCC2(C)C)c2c1-c1cc(-c3c(C)nn(CC)c3C)c(OC)cc1OC2. The van der Waals surface area contributed by atoms with Crippen LogP contribution in [0.25, 0.3) is 28.1 Å². The van der Waals surface area contributed by atoms with Crippen LogP contribution in [0.5, 0.6) is 11.5 Å². The van der Waals surface area contributed by atoms with Gasteiger partial charge in [-0.1, -0.05) is 12.2 Å². The van der Waals surface area contributed by atoms with Gasteiger partial charge in [0.15, 0.2) is 5.69 Å². The van der Waals surface area contributed by atoms with Crippen molar-refractivity contribution >= 4 is 11.6 Å². The number of morpholine rings is 1. The van der Waals surface area contributed by atoms with E-state index in [2.05, 4.69) is 19.9 Å². The number of hydrogen-bond donors (Lipinski definition) is 0. The molecule has 0 bridgehead atoms. The number of carbonyl (C=O) groups is 1. The summed E-state index contributed by atoms with van der Waals surface area (Å²) in [6.45, 7) is 16.7. The Morgan fingerprint density at radius 1 is 1.18 bits per heavy atom. The van der Waals surface area contributed by atoms with Crippen LogP contribution in [-0.2, 0) is 17.9 Å². The van der Waals surface area contributed by atoms with Crippen LogP contribution in [0.1, 0.15) is 62.1 Å². The normalized spacial score (nSPS) is 16.6. The Morgan fingerprint density at radius 3 is 2.58 bits per heavy atom. The van der Waals surface area contributed by atoms with E-state index in [4.69, 9.17) is 24.4 Å². The van der Waals surface area contributed by atoms with E-state index >= 15 is 0 Å². The minimum absolute atomic E-state index is 0.115. The monoisotopic (exact) mass is 545 g/mol. The summed E-state index contributed by atoms with van der Waals surface area (Å²) >= 11 is 0. The molecule has 9 nitrogen and oxygen atoms in total. The summed E-state index contributed by atoms with van der Waals surface area (Å²) in [4.78, 5) is 15.9.